The molecule has 1 N–H and O–H groups in total. The Kier molecular flexibility index (Phi) is 7.29. The number of hydrogen-bond acceptors (Lipinski definition) is 8. The van der Waals surface area contributed by atoms with Gasteiger partial charge in [0.15, 0.2) is 5.17 Å². The maximum absolute atomic E-state index is 13.2. The van der Waals surface area contributed by atoms with Crippen molar-refractivity contribution in [3.8, 4) is 5.75 Å². The third-order valence-electron chi connectivity index (χ3n) is 4.56. The Morgan fingerprint density at radius 2 is 2.03 bits per heavy atom. The smallest absolute Gasteiger partial charge is 0.270 e. The van der Waals surface area contributed by atoms with E-state index in [1.165, 1.54) is 29.5 Å². The molecule has 1 aromatic heterocycles. The quantitative estimate of drug-likeness (QED) is 0.161. The molecule has 0 radical (unpaired) electrons. The molecule has 0 spiro atoms. The van der Waals surface area contributed by atoms with E-state index in [1.807, 2.05) is 0 Å². The summed E-state index contributed by atoms with van der Waals surface area (Å²) in [4.78, 5) is 25.4. The van der Waals surface area contributed by atoms with Crippen molar-refractivity contribution in [2.75, 3.05) is 0 Å². The highest BCUT2D eigenvalue weighted by molar-refractivity contribution is 9.11. The minimum absolute atomic E-state index is 0.00392. The summed E-state index contributed by atoms with van der Waals surface area (Å²) < 4.78 is 6.58. The molecule has 1 saturated heterocycles. The molecule has 1 aliphatic rings. The molecule has 2 aromatic carbocycles. The average molecular weight is 606 g/mol. The molecule has 4 rings (SSSR count). The summed E-state index contributed by atoms with van der Waals surface area (Å²) in [6.45, 7) is 0.134. The molecule has 34 heavy (non-hydrogen) atoms. The zero-order valence-corrected chi connectivity index (χ0v) is 21.1. The van der Waals surface area contributed by atoms with Gasteiger partial charge in [-0.25, -0.2) is 0 Å². The number of nitro groups is 1. The molecule has 2 heterocycles. The highest BCUT2D eigenvalue weighted by atomic mass is 79.9. The number of phenols is 1. The summed E-state index contributed by atoms with van der Waals surface area (Å²) in [7, 11) is 0. The summed E-state index contributed by atoms with van der Waals surface area (Å²) in [5, 5.41) is 29.8. The van der Waals surface area contributed by atoms with Gasteiger partial charge < -0.3 is 9.52 Å². The number of nitro benzene ring substituents is 1. The zero-order chi connectivity index (χ0) is 24.2. The van der Waals surface area contributed by atoms with Crippen LogP contribution in [0.2, 0.25) is 0 Å². The fraction of sp³-hybridized carbons (Fsp3) is 0.0455. The largest absolute Gasteiger partial charge is 0.506 e. The van der Waals surface area contributed by atoms with Crippen molar-refractivity contribution in [1.82, 2.24) is 4.90 Å². The number of rotatable bonds is 6. The van der Waals surface area contributed by atoms with Gasteiger partial charge in [-0.15, -0.1) is 5.10 Å². The van der Waals surface area contributed by atoms with Gasteiger partial charge in [-0.2, -0.15) is 5.10 Å². The summed E-state index contributed by atoms with van der Waals surface area (Å²) in [5.41, 5.74) is 0.869. The van der Waals surface area contributed by atoms with Crippen LogP contribution in [0.3, 0.4) is 0 Å². The van der Waals surface area contributed by atoms with E-state index in [9.17, 15) is 20.0 Å². The lowest BCUT2D eigenvalue weighted by Gasteiger charge is -2.12. The predicted molar refractivity (Wildman–Crippen MR) is 136 cm³/mol. The average Bonchev–Trinajstić information content (AvgIpc) is 3.41. The van der Waals surface area contributed by atoms with Crippen molar-refractivity contribution in [3.63, 3.8) is 0 Å². The first kappa shape index (κ1) is 23.9. The third-order valence-corrected chi connectivity index (χ3v) is 6.62. The topological polar surface area (TPSA) is 122 Å². The Labute approximate surface area is 214 Å². The van der Waals surface area contributed by atoms with E-state index in [2.05, 4.69) is 42.1 Å². The SMILES string of the molecule is O=C1/C(=C/c2cc(Br)cc(Br)c2O)S/C(=N\N=C\c2cccc([N+](=O)[O-])c2)N1Cc1ccco1. The number of phenolic OH excluding ortho intramolecular Hbond substituents is 1. The van der Waals surface area contributed by atoms with Crippen molar-refractivity contribution < 1.29 is 19.2 Å². The Hall–Kier alpha value is -3.22. The number of carbonyl (C=O) groups is 1. The van der Waals surface area contributed by atoms with Crippen LogP contribution in [0, 0.1) is 10.1 Å². The van der Waals surface area contributed by atoms with Gasteiger partial charge in [-0.05, 0) is 58.0 Å². The summed E-state index contributed by atoms with van der Waals surface area (Å²) >= 11 is 7.75. The van der Waals surface area contributed by atoms with E-state index in [0.717, 1.165) is 16.2 Å². The van der Waals surface area contributed by atoms with Gasteiger partial charge in [0.1, 0.15) is 11.5 Å². The molecule has 12 heteroatoms. The first-order chi connectivity index (χ1) is 16.3. The monoisotopic (exact) mass is 604 g/mol. The van der Waals surface area contributed by atoms with E-state index < -0.39 is 4.92 Å². The van der Waals surface area contributed by atoms with Gasteiger partial charge in [0.05, 0.1) is 33.3 Å². The Bertz CT molecular complexity index is 1360. The second-order valence-corrected chi connectivity index (χ2v) is 9.67. The predicted octanol–water partition coefficient (Wildman–Crippen LogP) is 5.93. The van der Waals surface area contributed by atoms with E-state index in [-0.39, 0.29) is 23.9 Å². The number of amides is 1. The van der Waals surface area contributed by atoms with Gasteiger partial charge in [-0.3, -0.25) is 19.8 Å². The van der Waals surface area contributed by atoms with Crippen molar-refractivity contribution >= 4 is 72.7 Å². The Morgan fingerprint density at radius 3 is 2.76 bits per heavy atom. The molecular formula is C22H14Br2N4O5S. The van der Waals surface area contributed by atoms with Crippen LogP contribution >= 0.6 is 43.6 Å². The van der Waals surface area contributed by atoms with Gasteiger partial charge in [0.2, 0.25) is 0 Å². The second kappa shape index (κ2) is 10.4. The Balaban J connectivity index is 1.66. The molecule has 0 bridgehead atoms. The van der Waals surface area contributed by atoms with Gasteiger partial charge >= 0.3 is 0 Å². The molecule has 0 aliphatic carbocycles. The van der Waals surface area contributed by atoms with Crippen LogP contribution < -0.4 is 0 Å². The fourth-order valence-electron chi connectivity index (χ4n) is 2.98. The minimum atomic E-state index is -0.493. The van der Waals surface area contributed by atoms with Crippen LogP contribution in [0.4, 0.5) is 5.69 Å². The van der Waals surface area contributed by atoms with Crippen molar-refractivity contribution in [2.24, 2.45) is 10.2 Å². The number of carbonyl (C=O) groups excluding carboxylic acids is 1. The van der Waals surface area contributed by atoms with Gasteiger partial charge in [0, 0.05) is 27.7 Å². The standard InChI is InChI=1S/C22H14Br2N4O5S/c23-15-8-14(20(29)18(24)10-15)9-19-21(30)27(12-17-5-2-6-33-17)22(34-19)26-25-11-13-3-1-4-16(7-13)28(31)32/h1-11,29H,12H2/b19-9-,25-11+,26-22-. The van der Waals surface area contributed by atoms with E-state index in [1.54, 1.807) is 42.5 Å². The number of hydrogen-bond donors (Lipinski definition) is 1. The highest BCUT2D eigenvalue weighted by Crippen LogP contribution is 2.38. The van der Waals surface area contributed by atoms with Gasteiger partial charge in [0.25, 0.3) is 11.6 Å². The van der Waals surface area contributed by atoms with Crippen LogP contribution in [0.25, 0.3) is 6.08 Å². The normalized spacial score (nSPS) is 16.3. The molecule has 0 unspecified atom stereocenters. The molecule has 0 saturated carbocycles. The van der Waals surface area contributed by atoms with Crippen molar-refractivity contribution in [2.45, 2.75) is 6.54 Å². The molecule has 1 fully saturated rings. The lowest BCUT2D eigenvalue weighted by atomic mass is 10.2. The summed E-state index contributed by atoms with van der Waals surface area (Å²) in [5.74, 6) is 0.218. The number of thioether (sulfide) groups is 1. The lowest BCUT2D eigenvalue weighted by molar-refractivity contribution is -0.384. The number of furan rings is 1. The maximum atomic E-state index is 13.2. The number of nitrogens with zero attached hydrogens (tertiary/aromatic N) is 4. The molecule has 1 amide bonds. The second-order valence-electron chi connectivity index (χ2n) is 6.89. The molecule has 1 aliphatic heterocycles. The minimum Gasteiger partial charge on any atom is -0.506 e. The van der Waals surface area contributed by atoms with Crippen molar-refractivity contribution in [3.05, 3.63) is 95.6 Å². The third kappa shape index (κ3) is 5.46. The Morgan fingerprint density at radius 1 is 1.21 bits per heavy atom. The maximum Gasteiger partial charge on any atom is 0.270 e. The van der Waals surface area contributed by atoms with Gasteiger partial charge in [-0.1, -0.05) is 28.1 Å². The van der Waals surface area contributed by atoms with Crippen LogP contribution in [0.1, 0.15) is 16.9 Å². The van der Waals surface area contributed by atoms with E-state index in [0.29, 0.717) is 31.4 Å². The summed E-state index contributed by atoms with van der Waals surface area (Å²) in [6, 6.07) is 12.8. The molecule has 3 aromatic rings. The number of non-ortho nitro benzene ring substituents is 1. The number of halogens is 2. The first-order valence-electron chi connectivity index (χ1n) is 9.59. The number of aromatic hydroxyl groups is 1. The lowest BCUT2D eigenvalue weighted by Crippen LogP contribution is -2.28. The van der Waals surface area contributed by atoms with Crippen molar-refractivity contribution in [1.29, 1.82) is 0 Å². The first-order valence-corrected chi connectivity index (χ1v) is 12.0. The highest BCUT2D eigenvalue weighted by Gasteiger charge is 2.34. The molecule has 0 atom stereocenters. The summed E-state index contributed by atoms with van der Waals surface area (Å²) in [6.07, 6.45) is 4.45. The zero-order valence-electron chi connectivity index (χ0n) is 17.1. The molecular weight excluding hydrogens is 592 g/mol. The van der Waals surface area contributed by atoms with Crippen LogP contribution in [-0.4, -0.2) is 32.2 Å². The fourth-order valence-corrected chi connectivity index (χ4v) is 5.17. The van der Waals surface area contributed by atoms with E-state index >= 15 is 0 Å². The van der Waals surface area contributed by atoms with E-state index in [4.69, 9.17) is 4.42 Å². The van der Waals surface area contributed by atoms with Crippen LogP contribution in [0.15, 0.2) is 83.3 Å². The van der Waals surface area contributed by atoms with Crippen LogP contribution in [-0.2, 0) is 11.3 Å². The molecule has 172 valence electrons. The molecule has 9 nitrogen and oxygen atoms in total. The number of amidine groups is 1. The number of benzene rings is 2. The van der Waals surface area contributed by atoms with Crippen LogP contribution in [0.5, 0.6) is 5.75 Å².